The molecule has 0 aliphatic rings. The average molecular weight is 286 g/mol. The third kappa shape index (κ3) is 4.34. The van der Waals surface area contributed by atoms with E-state index in [9.17, 15) is 4.79 Å². The number of aryl methyl sites for hydroxylation is 1. The molecule has 0 saturated carbocycles. The summed E-state index contributed by atoms with van der Waals surface area (Å²) in [6.45, 7) is 2.79. The van der Waals surface area contributed by atoms with Crippen LogP contribution in [0.5, 0.6) is 0 Å². The maximum atomic E-state index is 12.2. The third-order valence-corrected chi connectivity index (χ3v) is 3.42. The Kier molecular flexibility index (Phi) is 5.37. The number of para-hydroxylation sites is 1. The van der Waals surface area contributed by atoms with Crippen LogP contribution in [0.1, 0.15) is 24.5 Å². The molecule has 2 amide bonds. The number of H-pyrrole nitrogens is 1. The Bertz CT molecular complexity index is 565. The van der Waals surface area contributed by atoms with Gasteiger partial charge in [0.1, 0.15) is 0 Å². The number of urea groups is 1. The summed E-state index contributed by atoms with van der Waals surface area (Å²) in [6.07, 6.45) is 6.44. The van der Waals surface area contributed by atoms with Crippen LogP contribution < -0.4 is 5.32 Å². The molecular formula is C16H22N4O. The summed E-state index contributed by atoms with van der Waals surface area (Å²) in [5.41, 5.74) is 3.18. The SMILES string of the molecule is CCCc1ccccc1NC(=O)N(C)CCc1cn[nH]c1. The van der Waals surface area contributed by atoms with E-state index in [0.29, 0.717) is 6.54 Å². The lowest BCUT2D eigenvalue weighted by molar-refractivity contribution is 0.223. The van der Waals surface area contributed by atoms with Crippen LogP contribution in [0.4, 0.5) is 10.5 Å². The molecule has 2 N–H and O–H groups in total. The number of aromatic nitrogens is 2. The highest BCUT2D eigenvalue weighted by Crippen LogP contribution is 2.17. The van der Waals surface area contributed by atoms with Crippen molar-refractivity contribution in [3.8, 4) is 0 Å². The number of anilines is 1. The molecule has 0 bridgehead atoms. The fourth-order valence-electron chi connectivity index (χ4n) is 2.15. The molecule has 0 fully saturated rings. The average Bonchev–Trinajstić information content (AvgIpc) is 3.00. The number of rotatable bonds is 6. The van der Waals surface area contributed by atoms with Crippen molar-refractivity contribution in [2.24, 2.45) is 0 Å². The number of amides is 2. The van der Waals surface area contributed by atoms with E-state index in [4.69, 9.17) is 0 Å². The molecular weight excluding hydrogens is 264 g/mol. The standard InChI is InChI=1S/C16H22N4O/c1-3-6-14-7-4-5-8-15(14)19-16(21)20(2)10-9-13-11-17-18-12-13/h4-5,7-8,11-12H,3,6,9-10H2,1-2H3,(H,17,18)(H,19,21). The predicted molar refractivity (Wildman–Crippen MR) is 84.4 cm³/mol. The lowest BCUT2D eigenvalue weighted by Gasteiger charge is -2.19. The molecule has 0 atom stereocenters. The minimum Gasteiger partial charge on any atom is -0.327 e. The van der Waals surface area contributed by atoms with Gasteiger partial charge in [0.15, 0.2) is 0 Å². The van der Waals surface area contributed by atoms with Crippen LogP contribution in [0.3, 0.4) is 0 Å². The highest BCUT2D eigenvalue weighted by Gasteiger charge is 2.11. The number of aromatic amines is 1. The molecule has 0 saturated heterocycles. The molecule has 0 aliphatic heterocycles. The van der Waals surface area contributed by atoms with Gasteiger partial charge >= 0.3 is 6.03 Å². The number of hydrogen-bond donors (Lipinski definition) is 2. The topological polar surface area (TPSA) is 61.0 Å². The van der Waals surface area contributed by atoms with Gasteiger partial charge < -0.3 is 10.2 Å². The second-order valence-corrected chi connectivity index (χ2v) is 5.12. The number of benzene rings is 1. The Morgan fingerprint density at radius 1 is 1.33 bits per heavy atom. The highest BCUT2D eigenvalue weighted by atomic mass is 16.2. The van der Waals surface area contributed by atoms with Crippen LogP contribution in [-0.4, -0.2) is 34.7 Å². The van der Waals surface area contributed by atoms with Crippen molar-refractivity contribution in [2.75, 3.05) is 18.9 Å². The highest BCUT2D eigenvalue weighted by molar-refractivity contribution is 5.90. The lowest BCUT2D eigenvalue weighted by Crippen LogP contribution is -2.33. The van der Waals surface area contributed by atoms with Gasteiger partial charge in [-0.3, -0.25) is 5.10 Å². The van der Waals surface area contributed by atoms with Crippen molar-refractivity contribution in [1.82, 2.24) is 15.1 Å². The fourth-order valence-corrected chi connectivity index (χ4v) is 2.15. The number of carbonyl (C=O) groups excluding carboxylic acids is 1. The van der Waals surface area contributed by atoms with E-state index in [-0.39, 0.29) is 6.03 Å². The van der Waals surface area contributed by atoms with Crippen molar-refractivity contribution in [1.29, 1.82) is 0 Å². The summed E-state index contributed by atoms with van der Waals surface area (Å²) in [6, 6.07) is 7.88. The molecule has 5 heteroatoms. The van der Waals surface area contributed by atoms with Crippen LogP contribution in [0.2, 0.25) is 0 Å². The molecule has 1 heterocycles. The third-order valence-electron chi connectivity index (χ3n) is 3.42. The number of hydrogen-bond acceptors (Lipinski definition) is 2. The fraction of sp³-hybridized carbons (Fsp3) is 0.375. The zero-order valence-electron chi connectivity index (χ0n) is 12.6. The van der Waals surface area contributed by atoms with Crippen LogP contribution >= 0.6 is 0 Å². The summed E-state index contributed by atoms with van der Waals surface area (Å²) in [7, 11) is 1.80. The van der Waals surface area contributed by atoms with Crippen molar-refractivity contribution in [3.05, 3.63) is 47.8 Å². The quantitative estimate of drug-likeness (QED) is 0.857. The summed E-state index contributed by atoms with van der Waals surface area (Å²) in [5.74, 6) is 0. The first-order chi connectivity index (χ1) is 10.2. The Morgan fingerprint density at radius 2 is 2.14 bits per heavy atom. The first-order valence-electron chi connectivity index (χ1n) is 7.28. The molecule has 0 spiro atoms. The summed E-state index contributed by atoms with van der Waals surface area (Å²) in [5, 5.41) is 9.66. The molecule has 112 valence electrons. The molecule has 1 aromatic heterocycles. The number of nitrogens with zero attached hydrogens (tertiary/aromatic N) is 2. The largest absolute Gasteiger partial charge is 0.327 e. The van der Waals surface area contributed by atoms with E-state index < -0.39 is 0 Å². The van der Waals surface area contributed by atoms with Crippen LogP contribution in [-0.2, 0) is 12.8 Å². The minimum absolute atomic E-state index is 0.0814. The van der Waals surface area contributed by atoms with E-state index in [1.807, 2.05) is 24.4 Å². The molecule has 5 nitrogen and oxygen atoms in total. The van der Waals surface area contributed by atoms with Gasteiger partial charge in [0.2, 0.25) is 0 Å². The second kappa shape index (κ2) is 7.47. The lowest BCUT2D eigenvalue weighted by atomic mass is 10.1. The molecule has 21 heavy (non-hydrogen) atoms. The minimum atomic E-state index is -0.0814. The van der Waals surface area contributed by atoms with Gasteiger partial charge in [-0.2, -0.15) is 5.10 Å². The Hall–Kier alpha value is -2.30. The molecule has 0 aliphatic carbocycles. The van der Waals surface area contributed by atoms with Gasteiger partial charge in [-0.1, -0.05) is 31.5 Å². The summed E-state index contributed by atoms with van der Waals surface area (Å²) >= 11 is 0. The van der Waals surface area contributed by atoms with Crippen molar-refractivity contribution >= 4 is 11.7 Å². The Balaban J connectivity index is 1.91. The van der Waals surface area contributed by atoms with Gasteiger partial charge in [-0.05, 0) is 30.0 Å². The Labute approximate surface area is 125 Å². The normalized spacial score (nSPS) is 10.4. The van der Waals surface area contributed by atoms with Gasteiger partial charge in [-0.25, -0.2) is 4.79 Å². The van der Waals surface area contributed by atoms with Gasteiger partial charge in [0.25, 0.3) is 0 Å². The van der Waals surface area contributed by atoms with E-state index in [0.717, 1.165) is 30.5 Å². The van der Waals surface area contributed by atoms with Gasteiger partial charge in [0.05, 0.1) is 6.20 Å². The zero-order valence-corrected chi connectivity index (χ0v) is 12.6. The van der Waals surface area contributed by atoms with E-state index >= 15 is 0 Å². The first kappa shape index (κ1) is 15.1. The molecule has 1 aromatic carbocycles. The second-order valence-electron chi connectivity index (χ2n) is 5.12. The van der Waals surface area contributed by atoms with Crippen molar-refractivity contribution < 1.29 is 4.79 Å². The maximum Gasteiger partial charge on any atom is 0.321 e. The van der Waals surface area contributed by atoms with E-state index in [2.05, 4.69) is 28.5 Å². The van der Waals surface area contributed by atoms with E-state index in [1.54, 1.807) is 18.1 Å². The van der Waals surface area contributed by atoms with Crippen molar-refractivity contribution in [3.63, 3.8) is 0 Å². The predicted octanol–water partition coefficient (Wildman–Crippen LogP) is 3.07. The molecule has 0 unspecified atom stereocenters. The van der Waals surface area contributed by atoms with Crippen molar-refractivity contribution in [2.45, 2.75) is 26.2 Å². The first-order valence-corrected chi connectivity index (χ1v) is 7.28. The van der Waals surface area contributed by atoms with E-state index in [1.165, 1.54) is 5.56 Å². The van der Waals surface area contributed by atoms with Crippen LogP contribution in [0, 0.1) is 0 Å². The summed E-state index contributed by atoms with van der Waals surface area (Å²) in [4.78, 5) is 13.9. The summed E-state index contributed by atoms with van der Waals surface area (Å²) < 4.78 is 0. The smallest absolute Gasteiger partial charge is 0.321 e. The Morgan fingerprint density at radius 3 is 2.86 bits per heavy atom. The van der Waals surface area contributed by atoms with Gasteiger partial charge in [0, 0.05) is 25.5 Å². The molecule has 0 radical (unpaired) electrons. The molecule has 2 aromatic rings. The monoisotopic (exact) mass is 286 g/mol. The maximum absolute atomic E-state index is 12.2. The molecule has 2 rings (SSSR count). The number of nitrogens with one attached hydrogen (secondary N) is 2. The van der Waals surface area contributed by atoms with Crippen LogP contribution in [0.25, 0.3) is 0 Å². The number of likely N-dealkylation sites (N-methyl/N-ethyl adjacent to an activating group) is 1. The zero-order chi connectivity index (χ0) is 15.1. The van der Waals surface area contributed by atoms with Gasteiger partial charge in [-0.15, -0.1) is 0 Å². The number of carbonyl (C=O) groups is 1. The van der Waals surface area contributed by atoms with Crippen LogP contribution in [0.15, 0.2) is 36.7 Å².